The van der Waals surface area contributed by atoms with Crippen molar-refractivity contribution in [3.05, 3.63) is 78.6 Å². The molecule has 0 spiro atoms. The zero-order chi connectivity index (χ0) is 19.9. The molecule has 4 nitrogen and oxygen atoms in total. The van der Waals surface area contributed by atoms with Crippen LogP contribution in [0.2, 0.25) is 0 Å². The molecule has 1 aliphatic rings. The van der Waals surface area contributed by atoms with Crippen molar-refractivity contribution in [2.45, 2.75) is 25.7 Å². The number of carbonyl (C=O) groups excluding carboxylic acids is 1. The number of hydrogen-bond donors (Lipinski definition) is 1. The molecule has 3 aromatic rings. The molecular weight excluding hydrogens is 360 g/mol. The van der Waals surface area contributed by atoms with Crippen molar-refractivity contribution in [2.24, 2.45) is 5.92 Å². The second kappa shape index (κ2) is 9.57. The second-order valence-corrected chi connectivity index (χ2v) is 7.75. The predicted molar refractivity (Wildman–Crippen MR) is 117 cm³/mol. The van der Waals surface area contributed by atoms with Crippen molar-refractivity contribution in [3.8, 4) is 11.3 Å². The Balaban J connectivity index is 1.22. The fourth-order valence-electron chi connectivity index (χ4n) is 4.01. The van der Waals surface area contributed by atoms with Crippen LogP contribution in [0, 0.1) is 5.92 Å². The van der Waals surface area contributed by atoms with Gasteiger partial charge in [-0.25, -0.2) is 0 Å². The first kappa shape index (κ1) is 19.5. The second-order valence-electron chi connectivity index (χ2n) is 7.75. The Morgan fingerprint density at radius 3 is 2.59 bits per heavy atom. The molecule has 0 unspecified atom stereocenters. The Morgan fingerprint density at radius 2 is 1.83 bits per heavy atom. The molecule has 1 N–H and O–H groups in total. The van der Waals surface area contributed by atoms with Crippen LogP contribution in [0.15, 0.2) is 77.4 Å². The van der Waals surface area contributed by atoms with Gasteiger partial charge in [0.25, 0.3) is 0 Å². The third-order valence-electron chi connectivity index (χ3n) is 5.68. The molecule has 150 valence electrons. The van der Waals surface area contributed by atoms with Crippen LogP contribution in [0.3, 0.4) is 0 Å². The summed E-state index contributed by atoms with van der Waals surface area (Å²) in [5.74, 6) is 1.03. The van der Waals surface area contributed by atoms with Gasteiger partial charge in [-0.3, -0.25) is 4.79 Å². The lowest BCUT2D eigenvalue weighted by atomic mass is 9.95. The SMILES string of the molecule is O=C(Nc1cccc(-c2ccco2)c1)C1CCN(CCCc2ccccc2)CC1. The number of likely N-dealkylation sites (tertiary alicyclic amines) is 1. The predicted octanol–water partition coefficient (Wildman–Crippen LogP) is 5.23. The number of piperidine rings is 1. The van der Waals surface area contributed by atoms with Gasteiger partial charge in [0, 0.05) is 17.2 Å². The minimum atomic E-state index is 0.0904. The molecule has 29 heavy (non-hydrogen) atoms. The van der Waals surface area contributed by atoms with E-state index in [2.05, 4.69) is 40.5 Å². The standard InChI is InChI=1S/C25H28N2O2/c28-25(26-23-11-4-10-22(19-23)24-12-6-18-29-24)21-13-16-27(17-14-21)15-5-9-20-7-2-1-3-8-20/h1-4,6-8,10-12,18-19,21H,5,9,13-17H2,(H,26,28). The highest BCUT2D eigenvalue weighted by Crippen LogP contribution is 2.24. The van der Waals surface area contributed by atoms with Crippen LogP contribution in [0.25, 0.3) is 11.3 Å². The van der Waals surface area contributed by atoms with Crippen LogP contribution < -0.4 is 5.32 Å². The molecule has 1 aromatic heterocycles. The molecule has 1 fully saturated rings. The fraction of sp³-hybridized carbons (Fsp3) is 0.320. The van der Waals surface area contributed by atoms with Gasteiger partial charge in [-0.2, -0.15) is 0 Å². The Morgan fingerprint density at radius 1 is 1.00 bits per heavy atom. The van der Waals surface area contributed by atoms with Gasteiger partial charge in [-0.15, -0.1) is 0 Å². The molecule has 4 heteroatoms. The summed E-state index contributed by atoms with van der Waals surface area (Å²) in [4.78, 5) is 15.2. The number of aryl methyl sites for hydroxylation is 1. The average molecular weight is 389 g/mol. The first-order valence-electron chi connectivity index (χ1n) is 10.5. The first-order chi connectivity index (χ1) is 14.3. The van der Waals surface area contributed by atoms with E-state index in [1.807, 2.05) is 36.4 Å². The van der Waals surface area contributed by atoms with Gasteiger partial charge in [0.2, 0.25) is 5.91 Å². The van der Waals surface area contributed by atoms with Gasteiger partial charge in [0.05, 0.1) is 6.26 Å². The Hall–Kier alpha value is -2.85. The molecule has 4 rings (SSSR count). The third-order valence-corrected chi connectivity index (χ3v) is 5.68. The van der Waals surface area contributed by atoms with Crippen molar-refractivity contribution in [1.29, 1.82) is 0 Å². The highest BCUT2D eigenvalue weighted by Gasteiger charge is 2.24. The molecule has 2 aromatic carbocycles. The van der Waals surface area contributed by atoms with E-state index in [9.17, 15) is 4.79 Å². The van der Waals surface area contributed by atoms with Gasteiger partial charge >= 0.3 is 0 Å². The maximum absolute atomic E-state index is 12.7. The largest absolute Gasteiger partial charge is 0.464 e. The molecule has 1 saturated heterocycles. The number of anilines is 1. The van der Waals surface area contributed by atoms with E-state index in [1.54, 1.807) is 6.26 Å². The molecule has 0 atom stereocenters. The van der Waals surface area contributed by atoms with E-state index in [4.69, 9.17) is 4.42 Å². The summed E-state index contributed by atoms with van der Waals surface area (Å²) in [6, 6.07) is 22.3. The van der Waals surface area contributed by atoms with Crippen molar-refractivity contribution in [1.82, 2.24) is 4.90 Å². The number of nitrogens with one attached hydrogen (secondary N) is 1. The van der Waals surface area contributed by atoms with Gasteiger partial charge in [0.1, 0.15) is 5.76 Å². The number of carbonyl (C=O) groups is 1. The first-order valence-corrected chi connectivity index (χ1v) is 10.5. The molecule has 0 aliphatic carbocycles. The third kappa shape index (κ3) is 5.36. The lowest BCUT2D eigenvalue weighted by Crippen LogP contribution is -2.38. The quantitative estimate of drug-likeness (QED) is 0.603. The zero-order valence-electron chi connectivity index (χ0n) is 16.7. The molecule has 1 aliphatic heterocycles. The summed E-state index contributed by atoms with van der Waals surface area (Å²) >= 11 is 0. The lowest BCUT2D eigenvalue weighted by molar-refractivity contribution is -0.121. The number of benzene rings is 2. The Labute approximate surface area is 172 Å². The van der Waals surface area contributed by atoms with Crippen molar-refractivity contribution in [2.75, 3.05) is 25.0 Å². The Kier molecular flexibility index (Phi) is 6.42. The Bertz CT molecular complexity index is 898. The number of nitrogens with zero attached hydrogens (tertiary/aromatic N) is 1. The molecule has 0 saturated carbocycles. The summed E-state index contributed by atoms with van der Waals surface area (Å²) < 4.78 is 5.45. The fourth-order valence-corrected chi connectivity index (χ4v) is 4.01. The summed E-state index contributed by atoms with van der Waals surface area (Å²) in [6.45, 7) is 3.10. The normalized spacial score (nSPS) is 15.3. The van der Waals surface area contributed by atoms with Crippen LogP contribution in [0.4, 0.5) is 5.69 Å². The van der Waals surface area contributed by atoms with Crippen LogP contribution in [0.5, 0.6) is 0 Å². The van der Waals surface area contributed by atoms with Gasteiger partial charge in [-0.05, 0) is 75.1 Å². The molecule has 1 amide bonds. The van der Waals surface area contributed by atoms with Crippen LogP contribution >= 0.6 is 0 Å². The highest BCUT2D eigenvalue weighted by atomic mass is 16.3. The molecule has 0 bridgehead atoms. The van der Waals surface area contributed by atoms with Crippen molar-refractivity contribution >= 4 is 11.6 Å². The van der Waals surface area contributed by atoms with E-state index < -0.39 is 0 Å². The lowest BCUT2D eigenvalue weighted by Gasteiger charge is -2.31. The topological polar surface area (TPSA) is 45.5 Å². The molecule has 2 heterocycles. The van der Waals surface area contributed by atoms with Crippen LogP contribution in [-0.2, 0) is 11.2 Å². The van der Waals surface area contributed by atoms with E-state index in [1.165, 1.54) is 12.0 Å². The maximum Gasteiger partial charge on any atom is 0.227 e. The molecule has 0 radical (unpaired) electrons. The monoisotopic (exact) mass is 388 g/mol. The van der Waals surface area contributed by atoms with Gasteiger partial charge < -0.3 is 14.6 Å². The van der Waals surface area contributed by atoms with Gasteiger partial charge in [0.15, 0.2) is 0 Å². The summed E-state index contributed by atoms with van der Waals surface area (Å²) in [6.07, 6.45) is 5.80. The number of rotatable bonds is 7. The van der Waals surface area contributed by atoms with Crippen LogP contribution in [-0.4, -0.2) is 30.4 Å². The number of hydrogen-bond acceptors (Lipinski definition) is 3. The summed E-state index contributed by atoms with van der Waals surface area (Å²) in [5, 5.41) is 3.09. The summed E-state index contributed by atoms with van der Waals surface area (Å²) in [5.41, 5.74) is 3.20. The van der Waals surface area contributed by atoms with E-state index >= 15 is 0 Å². The highest BCUT2D eigenvalue weighted by molar-refractivity contribution is 5.93. The van der Waals surface area contributed by atoms with Crippen molar-refractivity contribution in [3.63, 3.8) is 0 Å². The zero-order valence-corrected chi connectivity index (χ0v) is 16.7. The maximum atomic E-state index is 12.7. The minimum Gasteiger partial charge on any atom is -0.464 e. The number of amides is 1. The molecular formula is C25H28N2O2. The van der Waals surface area contributed by atoms with E-state index in [0.29, 0.717) is 0 Å². The van der Waals surface area contributed by atoms with E-state index in [0.717, 1.165) is 55.9 Å². The van der Waals surface area contributed by atoms with Crippen LogP contribution in [0.1, 0.15) is 24.8 Å². The summed E-state index contributed by atoms with van der Waals surface area (Å²) in [7, 11) is 0. The number of furan rings is 1. The van der Waals surface area contributed by atoms with Gasteiger partial charge in [-0.1, -0.05) is 42.5 Å². The minimum absolute atomic E-state index is 0.0904. The average Bonchev–Trinajstić information content (AvgIpc) is 3.30. The smallest absolute Gasteiger partial charge is 0.227 e. The van der Waals surface area contributed by atoms with Crippen molar-refractivity contribution < 1.29 is 9.21 Å². The van der Waals surface area contributed by atoms with E-state index in [-0.39, 0.29) is 11.8 Å².